The lowest BCUT2D eigenvalue weighted by atomic mass is 9.91. The van der Waals surface area contributed by atoms with Gasteiger partial charge in [0.05, 0.1) is 125 Å². The molecule has 31 nitrogen and oxygen atoms in total. The molecule has 10 aromatic rings. The lowest BCUT2D eigenvalue weighted by Gasteiger charge is -2.38. The third-order valence-corrected chi connectivity index (χ3v) is 37.6. The van der Waals surface area contributed by atoms with Crippen LogP contribution in [0.15, 0.2) is 31.6 Å². The summed E-state index contributed by atoms with van der Waals surface area (Å²) in [5.74, 6) is -2.27. The molecule has 27 rings (SSSR count). The number of morpholine rings is 5. The molecule has 0 bridgehead atoms. The highest BCUT2D eigenvalue weighted by Crippen LogP contribution is 2.53. The van der Waals surface area contributed by atoms with E-state index in [0.29, 0.717) is 161 Å². The molecule has 7 saturated heterocycles. The molecule has 5 saturated carbocycles. The van der Waals surface area contributed by atoms with Crippen molar-refractivity contribution in [2.75, 3.05) is 171 Å². The number of nitrogens with zero attached hydrogens (tertiary/aromatic N) is 16. The molecule has 17 heterocycles. The molecule has 7 atom stereocenters. The lowest BCUT2D eigenvalue weighted by Crippen LogP contribution is -2.46. The van der Waals surface area contributed by atoms with Crippen molar-refractivity contribution in [2.24, 2.45) is 0 Å². The Bertz CT molecular complexity index is 6890. The Morgan fingerprint density at radius 3 is 0.933 bits per heavy atom. The Morgan fingerprint density at radius 1 is 0.349 bits per heavy atom. The quantitative estimate of drug-likeness (QED) is 0.0470. The van der Waals surface area contributed by atoms with Crippen molar-refractivity contribution in [2.45, 2.75) is 347 Å². The summed E-state index contributed by atoms with van der Waals surface area (Å²) in [5, 5.41) is 22.6. The van der Waals surface area contributed by atoms with Crippen LogP contribution in [0.2, 0.25) is 5.15 Å². The number of fused-ring (bicyclic) bond motifs is 15. The fourth-order valence-corrected chi connectivity index (χ4v) is 29.7. The number of hydrogen-bond acceptors (Lipinski definition) is 35. The molecule has 10 aromatic heterocycles. The molecule has 0 spiro atoms. The minimum atomic E-state index is -2.21. The maximum Gasteiger partial charge on any atom is 0.225 e. The Balaban J connectivity index is 0.000000113. The first-order chi connectivity index (χ1) is 81.1. The summed E-state index contributed by atoms with van der Waals surface area (Å²) < 4.78 is 245. The zero-order valence-electron chi connectivity index (χ0n) is 105. The van der Waals surface area contributed by atoms with Crippen molar-refractivity contribution in [3.8, 4) is 23.5 Å². The van der Waals surface area contributed by atoms with Gasteiger partial charge in [0, 0.05) is 178 Å². The molecule has 2 N–H and O–H groups in total. The highest BCUT2D eigenvalue weighted by atomic mass is 35.5. The number of rotatable bonds is 22. The van der Waals surface area contributed by atoms with Crippen molar-refractivity contribution in [1.82, 2.24) is 74.3 Å². The highest BCUT2D eigenvalue weighted by molar-refractivity contribution is 7.20. The van der Waals surface area contributed by atoms with Crippen LogP contribution in [0, 0.1) is 6.57 Å². The minimum Gasteiger partial charge on any atom is -0.474 e. The normalized spacial score (nSPS) is 35.0. The minimum absolute atomic E-state index is 0.00782. The van der Waals surface area contributed by atoms with Crippen LogP contribution in [0.5, 0.6) is 23.5 Å². The van der Waals surface area contributed by atoms with E-state index in [9.17, 15) is 10.2 Å². The Morgan fingerprint density at radius 2 is 0.624 bits per heavy atom. The molecule has 17 aliphatic rings. The van der Waals surface area contributed by atoms with Gasteiger partial charge in [-0.1, -0.05) is 18.5 Å². The van der Waals surface area contributed by atoms with Gasteiger partial charge in [0.1, 0.15) is 85.4 Å². The Labute approximate surface area is 929 Å². The van der Waals surface area contributed by atoms with E-state index < -0.39 is 99.9 Å². The van der Waals surface area contributed by atoms with Gasteiger partial charge in [-0.05, 0) is 271 Å². The molecule has 149 heavy (non-hydrogen) atoms. The summed E-state index contributed by atoms with van der Waals surface area (Å²) in [4.78, 5) is 64.0. The maximum absolute atomic E-state index is 9.93. The largest absolute Gasteiger partial charge is 0.474 e. The van der Waals surface area contributed by atoms with Crippen molar-refractivity contribution in [1.29, 1.82) is 0 Å². The second-order valence-corrected chi connectivity index (χ2v) is 46.6. The first-order valence-corrected chi connectivity index (χ1v) is 58.9. The molecule has 12 fully saturated rings. The molecule has 10 aliphatic carbocycles. The first kappa shape index (κ1) is 84.8. The average molecular weight is 2180 g/mol. The summed E-state index contributed by atoms with van der Waals surface area (Å²) >= 11 is 12.1. The molecule has 0 aromatic carbocycles. The van der Waals surface area contributed by atoms with Gasteiger partial charge in [0.2, 0.25) is 30.1 Å². The van der Waals surface area contributed by atoms with Crippen LogP contribution in [-0.4, -0.2) is 329 Å². The molecular formula is C112H153ClN16O15S5. The second-order valence-electron chi connectivity index (χ2n) is 41.2. The van der Waals surface area contributed by atoms with Crippen LogP contribution in [0.1, 0.15) is 321 Å². The Kier molecular flexibility index (Phi) is 29.7. The van der Waals surface area contributed by atoms with Gasteiger partial charge in [-0.15, -0.1) is 56.7 Å². The fourth-order valence-electron chi connectivity index (χ4n) is 24.1. The Hall–Kier alpha value is -6.46. The van der Waals surface area contributed by atoms with E-state index >= 15 is 0 Å². The van der Waals surface area contributed by atoms with E-state index in [0.717, 1.165) is 331 Å². The summed E-state index contributed by atoms with van der Waals surface area (Å²) in [6.07, 6.45) is 11.4. The highest BCUT2D eigenvalue weighted by Gasteiger charge is 2.42. The zero-order valence-corrected chi connectivity index (χ0v) is 89.8. The van der Waals surface area contributed by atoms with E-state index in [-0.39, 0.29) is 72.9 Å². The number of aliphatic hydroxyl groups is 2. The maximum atomic E-state index is 9.93. The van der Waals surface area contributed by atoms with Crippen LogP contribution in [0.3, 0.4) is 0 Å². The lowest BCUT2D eigenvalue weighted by molar-refractivity contribution is -0.165. The molecule has 0 radical (unpaired) electrons. The smallest absolute Gasteiger partial charge is 0.225 e. The van der Waals surface area contributed by atoms with Crippen molar-refractivity contribution < 1.29 is 99.2 Å². The summed E-state index contributed by atoms with van der Waals surface area (Å²) in [7, 11) is 0. The van der Waals surface area contributed by atoms with Crippen molar-refractivity contribution in [3.63, 3.8) is 0 Å². The molecule has 808 valence electrons. The summed E-state index contributed by atoms with van der Waals surface area (Å²) in [5.41, 5.74) is 2.85. The number of aryl methyl sites for hydroxylation is 5. The number of ether oxygens (including phenoxy) is 13. The topological polar surface area (TPSA) is 310 Å². The fraction of sp³-hybridized carbons (Fsp3) is 0.723. The summed E-state index contributed by atoms with van der Waals surface area (Å²) in [6.45, 7) is 28.2. The predicted molar refractivity (Wildman–Crippen MR) is 582 cm³/mol. The third-order valence-electron chi connectivity index (χ3n) is 32.2. The SMILES string of the molecule is OC1CCC(N2CCOCC2)CC1.[2H]C1([2H])c2sc3ncnc(Cl)c3c2[C@@H](COC2CCCCO2)C1([2H])[2H].[2H]C1([2H])c2sc3ncnc(OC4CCC(N5CCOCC5)CC4)c3c2[C@@H](CC)C1([2H])[2H].[2H]C1([2H])c2sc3ncnc(OC4CCC(N5CCOCC5)CC4)c3c2[C@@H](CO)C1([2H])[2H].[2H]C1([2H])c2sc3ncnc(OC4CCC(N5CCOCC5)CC4)c3c2[C@@H](COC2CCCCO2)C1([2H])[2H].[2H]C1([2H])c2sc3ncnc(OC4CCC(N5CCOCC5)CC4)c3c2[C@@H](C[N+]#[C-])C1([2H])[2H]. The van der Waals surface area contributed by atoms with Gasteiger partial charge >= 0.3 is 0 Å². The van der Waals surface area contributed by atoms with E-state index in [1.807, 2.05) is 6.92 Å². The third kappa shape index (κ3) is 25.7. The van der Waals surface area contributed by atoms with Crippen LogP contribution in [0.25, 0.3) is 55.9 Å². The molecule has 37 heteroatoms. The summed E-state index contributed by atoms with van der Waals surface area (Å²) in [6, 6.07) is 2.97. The van der Waals surface area contributed by atoms with Gasteiger partial charge in [-0.25, -0.2) is 56.4 Å². The van der Waals surface area contributed by atoms with Gasteiger partial charge in [0.15, 0.2) is 12.6 Å². The van der Waals surface area contributed by atoms with Gasteiger partial charge in [-0.2, -0.15) is 0 Å². The average Bonchev–Trinajstić information content (AvgIpc) is 1.55. The standard InChI is InChI=1S/C25H35N3O4S.C21H26N4O2S.C21H29N3O2S.C20H27N3O3S.C15H17ClN2O2S.C10H19NO2/c1-2-12-30-21(3-1)31-15-17-4-9-20-22(17)23-24(26-16-27-25(23)33-20)32-19-7-5-18(6-8-19)28-10-13-29-14-11-28;1-22-12-14-2-7-17-18(14)19-20(23-13-24-21(19)28-17)27-16-5-3-15(4-6-16)25-8-10-26-11-9-25;1-2-14-3-8-17-18(14)19-20(22-13-23-21(19)27-17)26-16-6-4-15(5-7-16)24-9-11-25-12-10-24;24-11-13-1-6-16-17(13)18-19(21-12-22-20(18)27-16)26-15-4-2-14(3-5-15)23-7-9-25-10-8-23;16-14-13-12-9(7-20-11-3-1-2-6-19-11)4-5-10(12)21-15(13)18-8-17-14;12-10-3-1-9(2-4-10)11-5-7-13-8-6-11/h16-19,21H,1-15H2;13-16H,2-12H2;13-16H,2-12H2,1H3;12-15,24H,1-11H2;8-9,11H,1-7H2;9-10,12H,1-8H2/t17-,18?,19?,21?;2*14-,15?,16?;13-,14?,15?;9-,11?;/m11011./s1/i4D2,9D2;2D2,7D2;3D2,8D2;1D2,6D2;4D2,5D2;. The molecule has 2 unspecified atom stereocenters. The van der Waals surface area contributed by atoms with Crippen LogP contribution < -0.4 is 18.9 Å². The molecule has 7 aliphatic heterocycles. The van der Waals surface area contributed by atoms with Crippen molar-refractivity contribution in [3.05, 3.63) is 100 Å². The van der Waals surface area contributed by atoms with Gasteiger partial charge in [-0.3, -0.25) is 24.5 Å². The van der Waals surface area contributed by atoms with Crippen LogP contribution in [0.4, 0.5) is 0 Å². The predicted octanol–water partition coefficient (Wildman–Crippen LogP) is 19.4. The number of hydrogen-bond donors (Lipinski definition) is 2. The first-order valence-electron chi connectivity index (χ1n) is 64.5. The zero-order chi connectivity index (χ0) is 119. The van der Waals surface area contributed by atoms with Gasteiger partial charge < -0.3 is 76.6 Å². The monoisotopic (exact) mass is 2180 g/mol. The number of thiophene rings is 5. The second kappa shape index (κ2) is 52.1. The van der Waals surface area contributed by atoms with Crippen LogP contribution in [-0.2, 0) is 74.5 Å². The molecular weight excluding hydrogens is 2010 g/mol. The van der Waals surface area contributed by atoms with E-state index in [4.69, 9.17) is 107 Å². The van der Waals surface area contributed by atoms with E-state index in [1.54, 1.807) is 0 Å². The van der Waals surface area contributed by atoms with Crippen LogP contribution >= 0.6 is 68.3 Å². The molecule has 0 amide bonds. The number of halogens is 1. The van der Waals surface area contributed by atoms with Gasteiger partial charge in [0.25, 0.3) is 0 Å². The van der Waals surface area contributed by atoms with Crippen molar-refractivity contribution >= 4 is 119 Å². The number of aliphatic hydroxyl groups excluding tert-OH is 2. The van der Waals surface area contributed by atoms with E-state index in [2.05, 4.69) is 79.2 Å². The van der Waals surface area contributed by atoms with E-state index in [1.165, 1.54) is 67.2 Å². The number of aromatic nitrogens is 10.